The molecule has 2 unspecified atom stereocenters. The molecule has 0 aliphatic heterocycles. The molecule has 4 heteroatoms. The summed E-state index contributed by atoms with van der Waals surface area (Å²) < 4.78 is 5.03. The SMILES string of the molecule is CN=C(NCCCOC)NCC1CCCCC1C. The number of ether oxygens (including phenoxy) is 1. The van der Waals surface area contributed by atoms with Gasteiger partial charge in [0.2, 0.25) is 0 Å². The van der Waals surface area contributed by atoms with Crippen molar-refractivity contribution >= 4 is 5.96 Å². The zero-order valence-electron chi connectivity index (χ0n) is 12.2. The van der Waals surface area contributed by atoms with Crippen LogP contribution in [0, 0.1) is 11.8 Å². The lowest BCUT2D eigenvalue weighted by Gasteiger charge is -2.29. The van der Waals surface area contributed by atoms with E-state index in [9.17, 15) is 0 Å². The fraction of sp³-hybridized carbons (Fsp3) is 0.929. The summed E-state index contributed by atoms with van der Waals surface area (Å²) in [5, 5.41) is 6.76. The highest BCUT2D eigenvalue weighted by Crippen LogP contribution is 2.28. The molecule has 1 aliphatic carbocycles. The Labute approximate surface area is 112 Å². The summed E-state index contributed by atoms with van der Waals surface area (Å²) in [5.74, 6) is 2.57. The van der Waals surface area contributed by atoms with Gasteiger partial charge in [0.25, 0.3) is 0 Å². The lowest BCUT2D eigenvalue weighted by molar-refractivity contribution is 0.195. The molecule has 0 spiro atoms. The number of methoxy groups -OCH3 is 1. The van der Waals surface area contributed by atoms with Crippen LogP contribution in [0.1, 0.15) is 39.0 Å². The summed E-state index contributed by atoms with van der Waals surface area (Å²) in [6.07, 6.45) is 6.54. The van der Waals surface area contributed by atoms with Crippen LogP contribution in [-0.4, -0.2) is 39.8 Å². The third kappa shape index (κ3) is 5.71. The van der Waals surface area contributed by atoms with Gasteiger partial charge in [-0.1, -0.05) is 26.2 Å². The Kier molecular flexibility index (Phi) is 7.81. The zero-order valence-corrected chi connectivity index (χ0v) is 12.2. The first-order chi connectivity index (χ1) is 8.77. The summed E-state index contributed by atoms with van der Waals surface area (Å²) in [4.78, 5) is 4.25. The van der Waals surface area contributed by atoms with Gasteiger partial charge in [0.1, 0.15) is 0 Å². The van der Waals surface area contributed by atoms with Gasteiger partial charge < -0.3 is 15.4 Å². The summed E-state index contributed by atoms with van der Waals surface area (Å²) in [6, 6.07) is 0. The molecule has 2 N–H and O–H groups in total. The molecule has 0 radical (unpaired) electrons. The van der Waals surface area contributed by atoms with Crippen LogP contribution in [0.25, 0.3) is 0 Å². The van der Waals surface area contributed by atoms with Crippen molar-refractivity contribution in [2.75, 3.05) is 33.9 Å². The van der Waals surface area contributed by atoms with Gasteiger partial charge in [-0.2, -0.15) is 0 Å². The molecule has 0 amide bonds. The number of rotatable bonds is 6. The lowest BCUT2D eigenvalue weighted by Crippen LogP contribution is -2.41. The fourth-order valence-corrected chi connectivity index (χ4v) is 2.57. The molecule has 0 aromatic rings. The first-order valence-electron chi connectivity index (χ1n) is 7.21. The van der Waals surface area contributed by atoms with Crippen LogP contribution in [0.15, 0.2) is 4.99 Å². The van der Waals surface area contributed by atoms with Gasteiger partial charge in [-0.3, -0.25) is 4.99 Å². The van der Waals surface area contributed by atoms with Crippen molar-refractivity contribution in [3.05, 3.63) is 0 Å². The first-order valence-corrected chi connectivity index (χ1v) is 7.21. The Morgan fingerprint density at radius 3 is 2.72 bits per heavy atom. The highest BCUT2D eigenvalue weighted by molar-refractivity contribution is 5.79. The smallest absolute Gasteiger partial charge is 0.190 e. The van der Waals surface area contributed by atoms with E-state index in [2.05, 4.69) is 22.5 Å². The monoisotopic (exact) mass is 255 g/mol. The van der Waals surface area contributed by atoms with Gasteiger partial charge >= 0.3 is 0 Å². The highest BCUT2D eigenvalue weighted by Gasteiger charge is 2.21. The second-order valence-corrected chi connectivity index (χ2v) is 5.25. The Bertz CT molecular complexity index is 243. The van der Waals surface area contributed by atoms with E-state index >= 15 is 0 Å². The minimum absolute atomic E-state index is 0.795. The second-order valence-electron chi connectivity index (χ2n) is 5.25. The van der Waals surface area contributed by atoms with Crippen LogP contribution in [0.4, 0.5) is 0 Å². The van der Waals surface area contributed by atoms with E-state index in [0.29, 0.717) is 0 Å². The molecule has 1 aliphatic rings. The molecule has 0 heterocycles. The molecule has 1 saturated carbocycles. The molecule has 0 bridgehead atoms. The zero-order chi connectivity index (χ0) is 13.2. The summed E-state index contributed by atoms with van der Waals surface area (Å²) >= 11 is 0. The van der Waals surface area contributed by atoms with Crippen molar-refractivity contribution in [1.29, 1.82) is 0 Å². The van der Waals surface area contributed by atoms with Crippen LogP contribution < -0.4 is 10.6 Å². The van der Waals surface area contributed by atoms with Crippen molar-refractivity contribution in [1.82, 2.24) is 10.6 Å². The summed E-state index contributed by atoms with van der Waals surface area (Å²) in [5.41, 5.74) is 0. The first kappa shape index (κ1) is 15.3. The van der Waals surface area contributed by atoms with Crippen LogP contribution >= 0.6 is 0 Å². The number of nitrogens with one attached hydrogen (secondary N) is 2. The van der Waals surface area contributed by atoms with E-state index < -0.39 is 0 Å². The fourth-order valence-electron chi connectivity index (χ4n) is 2.57. The quantitative estimate of drug-likeness (QED) is 0.433. The maximum absolute atomic E-state index is 5.03. The van der Waals surface area contributed by atoms with E-state index in [4.69, 9.17) is 4.74 Å². The highest BCUT2D eigenvalue weighted by atomic mass is 16.5. The van der Waals surface area contributed by atoms with Gasteiger partial charge in [-0.05, 0) is 24.7 Å². The number of hydrogen-bond acceptors (Lipinski definition) is 2. The molecular weight excluding hydrogens is 226 g/mol. The number of aliphatic imine (C=N–C) groups is 1. The predicted molar refractivity (Wildman–Crippen MR) is 77.0 cm³/mol. The van der Waals surface area contributed by atoms with Gasteiger partial charge in [0, 0.05) is 33.9 Å². The third-order valence-electron chi connectivity index (χ3n) is 3.86. The molecule has 1 fully saturated rings. The summed E-state index contributed by atoms with van der Waals surface area (Å²) in [6.45, 7) is 5.13. The largest absolute Gasteiger partial charge is 0.385 e. The molecule has 18 heavy (non-hydrogen) atoms. The van der Waals surface area contributed by atoms with E-state index in [1.165, 1.54) is 25.7 Å². The van der Waals surface area contributed by atoms with Crippen LogP contribution in [-0.2, 0) is 4.74 Å². The average Bonchev–Trinajstić information content (AvgIpc) is 2.40. The molecule has 0 aromatic carbocycles. The Morgan fingerprint density at radius 1 is 1.28 bits per heavy atom. The predicted octanol–water partition coefficient (Wildman–Crippen LogP) is 2.01. The Balaban J connectivity index is 2.18. The number of nitrogens with zero attached hydrogens (tertiary/aromatic N) is 1. The standard InChI is InChI=1S/C14H29N3O/c1-12-7-4-5-8-13(12)11-17-14(15-2)16-9-6-10-18-3/h12-13H,4-11H2,1-3H3,(H2,15,16,17). The Morgan fingerprint density at radius 2 is 2.06 bits per heavy atom. The third-order valence-corrected chi connectivity index (χ3v) is 3.86. The molecule has 106 valence electrons. The van der Waals surface area contributed by atoms with Crippen LogP contribution in [0.2, 0.25) is 0 Å². The van der Waals surface area contributed by atoms with E-state index in [1.807, 2.05) is 7.05 Å². The van der Waals surface area contributed by atoms with E-state index in [1.54, 1.807) is 7.11 Å². The molecule has 4 nitrogen and oxygen atoms in total. The van der Waals surface area contributed by atoms with Gasteiger partial charge in [-0.25, -0.2) is 0 Å². The number of guanidine groups is 1. The average molecular weight is 255 g/mol. The summed E-state index contributed by atoms with van der Waals surface area (Å²) in [7, 11) is 3.56. The number of hydrogen-bond donors (Lipinski definition) is 2. The minimum Gasteiger partial charge on any atom is -0.385 e. The maximum atomic E-state index is 5.03. The van der Waals surface area contributed by atoms with Crippen molar-refractivity contribution in [3.8, 4) is 0 Å². The minimum atomic E-state index is 0.795. The van der Waals surface area contributed by atoms with Crippen molar-refractivity contribution < 1.29 is 4.74 Å². The normalized spacial score (nSPS) is 24.9. The molecule has 0 aromatic heterocycles. The van der Waals surface area contributed by atoms with Crippen molar-refractivity contribution in [3.63, 3.8) is 0 Å². The van der Waals surface area contributed by atoms with E-state index in [-0.39, 0.29) is 0 Å². The topological polar surface area (TPSA) is 45.7 Å². The van der Waals surface area contributed by atoms with Gasteiger partial charge in [-0.15, -0.1) is 0 Å². The molecule has 1 rings (SSSR count). The molecule has 2 atom stereocenters. The van der Waals surface area contributed by atoms with Crippen molar-refractivity contribution in [2.24, 2.45) is 16.8 Å². The van der Waals surface area contributed by atoms with E-state index in [0.717, 1.165) is 43.9 Å². The molecular formula is C14H29N3O. The van der Waals surface area contributed by atoms with Crippen molar-refractivity contribution in [2.45, 2.75) is 39.0 Å². The van der Waals surface area contributed by atoms with Gasteiger partial charge in [0.15, 0.2) is 5.96 Å². The van der Waals surface area contributed by atoms with Crippen LogP contribution in [0.3, 0.4) is 0 Å². The van der Waals surface area contributed by atoms with Crippen LogP contribution in [0.5, 0.6) is 0 Å². The Hall–Kier alpha value is -0.770. The lowest BCUT2D eigenvalue weighted by atomic mass is 9.80. The maximum Gasteiger partial charge on any atom is 0.190 e. The molecule has 0 saturated heterocycles. The van der Waals surface area contributed by atoms with Gasteiger partial charge in [0.05, 0.1) is 0 Å². The second kappa shape index (κ2) is 9.20.